The molecule has 2 aromatic carbocycles. The average Bonchev–Trinajstić information content (AvgIpc) is 2.75. The molecule has 29 heavy (non-hydrogen) atoms. The van der Waals surface area contributed by atoms with E-state index in [0.29, 0.717) is 17.7 Å². The van der Waals surface area contributed by atoms with E-state index in [9.17, 15) is 18.8 Å². The molecule has 1 atom stereocenters. The second-order valence-corrected chi connectivity index (χ2v) is 7.17. The molecule has 0 aliphatic carbocycles. The molecule has 0 bridgehead atoms. The number of halogens is 1. The normalized spacial score (nSPS) is 11.4. The summed E-state index contributed by atoms with van der Waals surface area (Å²) >= 11 is 1.54. The Morgan fingerprint density at radius 2 is 1.76 bits per heavy atom. The van der Waals surface area contributed by atoms with Crippen LogP contribution in [0.3, 0.4) is 0 Å². The van der Waals surface area contributed by atoms with Crippen molar-refractivity contribution in [2.45, 2.75) is 19.0 Å². The third kappa shape index (κ3) is 7.95. The molecule has 2 N–H and O–H groups in total. The molecule has 0 aromatic heterocycles. The number of rotatable bonds is 10. The third-order valence-corrected chi connectivity index (χ3v) is 4.63. The monoisotopic (exact) mass is 418 g/mol. The van der Waals surface area contributed by atoms with Crippen LogP contribution in [-0.2, 0) is 20.9 Å². The van der Waals surface area contributed by atoms with E-state index in [1.165, 1.54) is 23.9 Å². The molecule has 154 valence electrons. The summed E-state index contributed by atoms with van der Waals surface area (Å²) in [5, 5.41) is 5.25. The standard InChI is InChI=1S/C21H23FN2O4S/c1-29-12-11-18(24-20(26)16-5-3-2-4-6-16)21(27)28-14-19(25)23-13-15-7-9-17(22)10-8-15/h2-10,18H,11-14H2,1H3,(H,23,25)(H,24,26). The van der Waals surface area contributed by atoms with E-state index >= 15 is 0 Å². The minimum atomic E-state index is -0.847. The van der Waals surface area contributed by atoms with E-state index in [4.69, 9.17) is 4.74 Å². The highest BCUT2D eigenvalue weighted by Crippen LogP contribution is 2.06. The molecule has 8 heteroatoms. The molecule has 2 amide bonds. The first-order chi connectivity index (χ1) is 14.0. The highest BCUT2D eigenvalue weighted by Gasteiger charge is 2.23. The van der Waals surface area contributed by atoms with Gasteiger partial charge in [0.25, 0.3) is 11.8 Å². The molecule has 0 heterocycles. The van der Waals surface area contributed by atoms with Gasteiger partial charge in [-0.15, -0.1) is 0 Å². The molecule has 1 unspecified atom stereocenters. The molecule has 0 spiro atoms. The number of nitrogens with one attached hydrogen (secondary N) is 2. The van der Waals surface area contributed by atoms with Crippen LogP contribution in [0.4, 0.5) is 4.39 Å². The van der Waals surface area contributed by atoms with Crippen LogP contribution in [0, 0.1) is 5.82 Å². The highest BCUT2D eigenvalue weighted by atomic mass is 32.2. The number of amides is 2. The third-order valence-electron chi connectivity index (χ3n) is 3.98. The summed E-state index contributed by atoms with van der Waals surface area (Å²) in [5.74, 6) is -1.25. The van der Waals surface area contributed by atoms with Gasteiger partial charge >= 0.3 is 5.97 Å². The zero-order valence-electron chi connectivity index (χ0n) is 16.0. The van der Waals surface area contributed by atoms with Crippen molar-refractivity contribution in [3.63, 3.8) is 0 Å². The summed E-state index contributed by atoms with van der Waals surface area (Å²) in [6.45, 7) is -0.270. The summed E-state index contributed by atoms with van der Waals surface area (Å²) in [7, 11) is 0. The van der Waals surface area contributed by atoms with Crippen LogP contribution in [0.25, 0.3) is 0 Å². The molecule has 6 nitrogen and oxygen atoms in total. The Balaban J connectivity index is 1.83. The lowest BCUT2D eigenvalue weighted by Crippen LogP contribution is -2.43. The first-order valence-corrected chi connectivity index (χ1v) is 10.4. The van der Waals surface area contributed by atoms with Crippen LogP contribution >= 0.6 is 11.8 Å². The Kier molecular flexibility index (Phi) is 9.17. The smallest absolute Gasteiger partial charge is 0.329 e. The van der Waals surface area contributed by atoms with Gasteiger partial charge in [-0.3, -0.25) is 9.59 Å². The highest BCUT2D eigenvalue weighted by molar-refractivity contribution is 7.98. The van der Waals surface area contributed by atoms with Crippen LogP contribution in [0.15, 0.2) is 54.6 Å². The lowest BCUT2D eigenvalue weighted by atomic mass is 10.1. The number of ether oxygens (including phenoxy) is 1. The van der Waals surface area contributed by atoms with Gasteiger partial charge in [-0.1, -0.05) is 30.3 Å². The number of thioether (sulfide) groups is 1. The van der Waals surface area contributed by atoms with Crippen molar-refractivity contribution in [3.05, 3.63) is 71.5 Å². The number of esters is 1. The van der Waals surface area contributed by atoms with Crippen molar-refractivity contribution >= 4 is 29.5 Å². The summed E-state index contributed by atoms with van der Waals surface area (Å²) in [5.41, 5.74) is 1.16. The van der Waals surface area contributed by atoms with Crippen molar-refractivity contribution in [2.75, 3.05) is 18.6 Å². The van der Waals surface area contributed by atoms with Gasteiger partial charge in [0.15, 0.2) is 6.61 Å². The fourth-order valence-electron chi connectivity index (χ4n) is 2.41. The van der Waals surface area contributed by atoms with E-state index in [1.807, 2.05) is 6.26 Å². The first-order valence-electron chi connectivity index (χ1n) is 9.02. The summed E-state index contributed by atoms with van der Waals surface area (Å²) < 4.78 is 18.0. The van der Waals surface area contributed by atoms with Gasteiger partial charge in [-0.05, 0) is 48.3 Å². The van der Waals surface area contributed by atoms with E-state index in [-0.39, 0.29) is 18.3 Å². The zero-order valence-corrected chi connectivity index (χ0v) is 16.8. The van der Waals surface area contributed by atoms with Crippen LogP contribution < -0.4 is 10.6 Å². The van der Waals surface area contributed by atoms with Crippen LogP contribution in [0.5, 0.6) is 0 Å². The van der Waals surface area contributed by atoms with E-state index in [2.05, 4.69) is 10.6 Å². The Labute approximate surface area is 173 Å². The van der Waals surface area contributed by atoms with E-state index in [0.717, 1.165) is 5.56 Å². The largest absolute Gasteiger partial charge is 0.454 e. The van der Waals surface area contributed by atoms with Gasteiger partial charge in [0.2, 0.25) is 0 Å². The topological polar surface area (TPSA) is 84.5 Å². The minimum absolute atomic E-state index is 0.192. The predicted octanol–water partition coefficient (Wildman–Crippen LogP) is 2.54. The Bertz CT molecular complexity index is 815. The number of hydrogen-bond acceptors (Lipinski definition) is 5. The molecule has 0 radical (unpaired) electrons. The SMILES string of the molecule is CSCCC(NC(=O)c1ccccc1)C(=O)OCC(=O)NCc1ccc(F)cc1. The molecular weight excluding hydrogens is 395 g/mol. The second-order valence-electron chi connectivity index (χ2n) is 6.18. The maximum absolute atomic E-state index is 12.9. The lowest BCUT2D eigenvalue weighted by Gasteiger charge is -2.17. The van der Waals surface area contributed by atoms with Crippen LogP contribution in [0.1, 0.15) is 22.3 Å². The van der Waals surface area contributed by atoms with Gasteiger partial charge in [0, 0.05) is 12.1 Å². The van der Waals surface area contributed by atoms with Gasteiger partial charge in [-0.2, -0.15) is 11.8 Å². The van der Waals surface area contributed by atoms with Gasteiger partial charge < -0.3 is 15.4 Å². The van der Waals surface area contributed by atoms with E-state index < -0.39 is 24.5 Å². The van der Waals surface area contributed by atoms with Crippen molar-refractivity contribution < 1.29 is 23.5 Å². The number of hydrogen-bond donors (Lipinski definition) is 2. The Hall–Kier alpha value is -2.87. The average molecular weight is 418 g/mol. The molecule has 0 fully saturated rings. The number of carbonyl (C=O) groups is 3. The fourth-order valence-corrected chi connectivity index (χ4v) is 2.88. The minimum Gasteiger partial charge on any atom is -0.454 e. The predicted molar refractivity (Wildman–Crippen MR) is 110 cm³/mol. The quantitative estimate of drug-likeness (QED) is 0.580. The van der Waals surface area contributed by atoms with Crippen molar-refractivity contribution in [2.24, 2.45) is 0 Å². The second kappa shape index (κ2) is 11.9. The molecule has 2 aromatic rings. The molecule has 0 saturated carbocycles. The maximum atomic E-state index is 12.9. The van der Waals surface area contributed by atoms with Crippen molar-refractivity contribution in [1.29, 1.82) is 0 Å². The summed E-state index contributed by atoms with van der Waals surface area (Å²) in [6, 6.07) is 13.4. The van der Waals surface area contributed by atoms with E-state index in [1.54, 1.807) is 42.5 Å². The number of carbonyl (C=O) groups excluding carboxylic acids is 3. The fraction of sp³-hybridized carbons (Fsp3) is 0.286. The van der Waals surface area contributed by atoms with Crippen LogP contribution in [-0.4, -0.2) is 42.4 Å². The van der Waals surface area contributed by atoms with Gasteiger partial charge in [0.1, 0.15) is 11.9 Å². The molecule has 0 saturated heterocycles. The maximum Gasteiger partial charge on any atom is 0.329 e. The van der Waals surface area contributed by atoms with Crippen molar-refractivity contribution in [3.8, 4) is 0 Å². The molecule has 0 aliphatic rings. The van der Waals surface area contributed by atoms with Crippen molar-refractivity contribution in [1.82, 2.24) is 10.6 Å². The zero-order chi connectivity index (χ0) is 21.1. The summed E-state index contributed by atoms with van der Waals surface area (Å²) in [4.78, 5) is 36.6. The van der Waals surface area contributed by atoms with Gasteiger partial charge in [0.05, 0.1) is 0 Å². The number of benzene rings is 2. The molecule has 0 aliphatic heterocycles. The van der Waals surface area contributed by atoms with Gasteiger partial charge in [-0.25, -0.2) is 9.18 Å². The Morgan fingerprint density at radius 1 is 1.07 bits per heavy atom. The first kappa shape index (κ1) is 22.4. The Morgan fingerprint density at radius 3 is 2.41 bits per heavy atom. The lowest BCUT2D eigenvalue weighted by molar-refractivity contribution is -0.150. The molecule has 2 rings (SSSR count). The van der Waals surface area contributed by atoms with Crippen LogP contribution in [0.2, 0.25) is 0 Å². The summed E-state index contributed by atoms with van der Waals surface area (Å²) in [6.07, 6.45) is 2.28. The molecular formula is C21H23FN2O4S.